The summed E-state index contributed by atoms with van der Waals surface area (Å²) in [7, 11) is 0. The second-order valence-electron chi connectivity index (χ2n) is 12.5. The van der Waals surface area contributed by atoms with Crippen molar-refractivity contribution >= 4 is 29.0 Å². The van der Waals surface area contributed by atoms with E-state index >= 15 is 4.79 Å². The molecule has 2 saturated heterocycles. The Morgan fingerprint density at radius 2 is 0.977 bits per heavy atom. The predicted molar refractivity (Wildman–Crippen MR) is 178 cm³/mol. The number of hydrogen-bond acceptors (Lipinski definition) is 5. The van der Waals surface area contributed by atoms with Gasteiger partial charge in [0.25, 0.3) is 0 Å². The van der Waals surface area contributed by atoms with Gasteiger partial charge < -0.3 is 9.80 Å². The Kier molecular flexibility index (Phi) is 9.29. The van der Waals surface area contributed by atoms with Crippen molar-refractivity contribution in [2.24, 2.45) is 0 Å². The van der Waals surface area contributed by atoms with Crippen LogP contribution in [0, 0.1) is 27.7 Å². The van der Waals surface area contributed by atoms with E-state index in [1.807, 2.05) is 71.7 Å². The van der Waals surface area contributed by atoms with Gasteiger partial charge in [0.15, 0.2) is 5.78 Å². The van der Waals surface area contributed by atoms with E-state index in [0.717, 1.165) is 71.5 Å². The molecule has 0 radical (unpaired) electrons. The highest BCUT2D eigenvalue weighted by molar-refractivity contribution is 6.30. The number of hydrogen-bond donors (Lipinski definition) is 0. The van der Waals surface area contributed by atoms with Crippen LogP contribution in [0.4, 0.5) is 0 Å². The summed E-state index contributed by atoms with van der Waals surface area (Å²) in [5, 5.41) is 11.3. The zero-order chi connectivity index (χ0) is 31.0. The van der Waals surface area contributed by atoms with Crippen molar-refractivity contribution in [3.05, 3.63) is 92.5 Å². The van der Waals surface area contributed by atoms with Crippen molar-refractivity contribution in [1.29, 1.82) is 0 Å². The first-order chi connectivity index (χ1) is 21.2. The fourth-order valence-electron chi connectivity index (χ4n) is 7.32. The Hall–Kier alpha value is -2.97. The van der Waals surface area contributed by atoms with Crippen molar-refractivity contribution in [2.45, 2.75) is 65.2 Å². The largest absolute Gasteiger partial charge is 0.302 e. The standard InChI is InChI=1S/C35H42Cl2N6O/c1-23-33(25(3)42(38-23)29-13-9-27(36)10-14-29)31(21-40-17-5-6-18-40)35(44)32(22-41-19-7-8-20-41)34-24(2)39-43(26(34)4)30-15-11-28(37)12-16-30/h9-16,31-32H,5-8,17-22H2,1-4H3. The number of aryl methyl sites for hydroxylation is 2. The van der Waals surface area contributed by atoms with Crippen LogP contribution in [0.1, 0.15) is 71.4 Å². The minimum atomic E-state index is -0.306. The summed E-state index contributed by atoms with van der Waals surface area (Å²) in [6.07, 6.45) is 4.69. The number of carbonyl (C=O) groups is 1. The SMILES string of the molecule is Cc1nn(-c2ccc(Cl)cc2)c(C)c1C(CN1CCCC1)C(=O)C(CN1CCCC1)c1c(C)nn(-c2ccc(Cl)cc2)c1C. The van der Waals surface area contributed by atoms with Gasteiger partial charge in [-0.3, -0.25) is 4.79 Å². The zero-order valence-electron chi connectivity index (χ0n) is 26.2. The molecular formula is C35H42Cl2N6O. The van der Waals surface area contributed by atoms with Gasteiger partial charge in [0.1, 0.15) is 0 Å². The average molecular weight is 634 g/mol. The quantitative estimate of drug-likeness (QED) is 0.185. The second kappa shape index (κ2) is 13.2. The summed E-state index contributed by atoms with van der Waals surface area (Å²) >= 11 is 12.4. The first kappa shape index (κ1) is 31.0. The van der Waals surface area contributed by atoms with Gasteiger partial charge in [-0.1, -0.05) is 23.2 Å². The third kappa shape index (κ3) is 6.25. The van der Waals surface area contributed by atoms with Crippen molar-refractivity contribution in [2.75, 3.05) is 39.3 Å². The summed E-state index contributed by atoms with van der Waals surface area (Å²) in [5.74, 6) is -0.355. The Morgan fingerprint density at radius 3 is 1.32 bits per heavy atom. The third-order valence-corrected chi connectivity index (χ3v) is 10.0. The van der Waals surface area contributed by atoms with Crippen LogP contribution in [-0.4, -0.2) is 74.4 Å². The van der Waals surface area contributed by atoms with Gasteiger partial charge in [-0.05, 0) is 128 Å². The highest BCUT2D eigenvalue weighted by Crippen LogP contribution is 2.37. The lowest BCUT2D eigenvalue weighted by Crippen LogP contribution is -2.37. The van der Waals surface area contributed by atoms with Crippen molar-refractivity contribution < 1.29 is 4.79 Å². The van der Waals surface area contributed by atoms with Gasteiger partial charge in [0.05, 0.1) is 34.6 Å². The zero-order valence-corrected chi connectivity index (χ0v) is 27.7. The molecule has 6 rings (SSSR count). The van der Waals surface area contributed by atoms with E-state index in [1.54, 1.807) is 0 Å². The Morgan fingerprint density at radius 1 is 0.636 bits per heavy atom. The molecule has 2 aliphatic heterocycles. The van der Waals surface area contributed by atoms with Crippen molar-refractivity contribution in [3.63, 3.8) is 0 Å². The number of halogens is 2. The maximum absolute atomic E-state index is 15.2. The molecule has 44 heavy (non-hydrogen) atoms. The molecule has 0 N–H and O–H groups in total. The Bertz CT molecular complexity index is 1490. The lowest BCUT2D eigenvalue weighted by atomic mass is 9.81. The van der Waals surface area contributed by atoms with Crippen LogP contribution < -0.4 is 0 Å². The molecule has 0 bridgehead atoms. The molecule has 0 saturated carbocycles. The summed E-state index contributed by atoms with van der Waals surface area (Å²) in [5.41, 5.74) is 7.80. The van der Waals surface area contributed by atoms with Crippen LogP contribution in [-0.2, 0) is 4.79 Å². The number of Topliss-reactive ketones (excluding diaryl/α,β-unsaturated/α-hetero) is 1. The molecule has 2 aromatic heterocycles. The fourth-order valence-corrected chi connectivity index (χ4v) is 7.57. The van der Waals surface area contributed by atoms with E-state index in [-0.39, 0.29) is 17.6 Å². The Labute approximate surface area is 270 Å². The first-order valence-electron chi connectivity index (χ1n) is 15.8. The van der Waals surface area contributed by atoms with Gasteiger partial charge in [-0.15, -0.1) is 0 Å². The number of likely N-dealkylation sites (tertiary alicyclic amines) is 2. The summed E-state index contributed by atoms with van der Waals surface area (Å²) < 4.78 is 3.94. The number of nitrogens with zero attached hydrogens (tertiary/aromatic N) is 6. The molecule has 2 aliphatic rings. The van der Waals surface area contributed by atoms with Gasteiger partial charge in [-0.25, -0.2) is 9.36 Å². The minimum Gasteiger partial charge on any atom is -0.302 e. The highest BCUT2D eigenvalue weighted by atomic mass is 35.5. The van der Waals surface area contributed by atoms with E-state index in [2.05, 4.69) is 23.6 Å². The van der Waals surface area contributed by atoms with Gasteiger partial charge in [0.2, 0.25) is 0 Å². The normalized spacial score (nSPS) is 17.4. The van der Waals surface area contributed by atoms with E-state index in [1.165, 1.54) is 25.7 Å². The van der Waals surface area contributed by atoms with E-state index in [9.17, 15) is 0 Å². The molecule has 0 aliphatic carbocycles. The van der Waals surface area contributed by atoms with Crippen molar-refractivity contribution in [3.8, 4) is 11.4 Å². The van der Waals surface area contributed by atoms with Crippen LogP contribution in [0.15, 0.2) is 48.5 Å². The molecular weight excluding hydrogens is 591 g/mol. The summed E-state index contributed by atoms with van der Waals surface area (Å²) in [6.45, 7) is 13.8. The van der Waals surface area contributed by atoms with Gasteiger partial charge >= 0.3 is 0 Å². The van der Waals surface area contributed by atoms with Crippen LogP contribution in [0.2, 0.25) is 10.0 Å². The molecule has 7 nitrogen and oxygen atoms in total. The second-order valence-corrected chi connectivity index (χ2v) is 13.3. The van der Waals surface area contributed by atoms with Crippen molar-refractivity contribution in [1.82, 2.24) is 29.4 Å². The van der Waals surface area contributed by atoms with Crippen LogP contribution in [0.5, 0.6) is 0 Å². The van der Waals surface area contributed by atoms with E-state index in [0.29, 0.717) is 23.1 Å². The monoisotopic (exact) mass is 632 g/mol. The number of rotatable bonds is 10. The lowest BCUT2D eigenvalue weighted by Gasteiger charge is -2.29. The maximum Gasteiger partial charge on any atom is 0.150 e. The number of carbonyl (C=O) groups excluding carboxylic acids is 1. The highest BCUT2D eigenvalue weighted by Gasteiger charge is 2.38. The van der Waals surface area contributed by atoms with E-state index < -0.39 is 0 Å². The predicted octanol–water partition coefficient (Wildman–Crippen LogP) is 7.23. The number of ketones is 1. The fraction of sp³-hybridized carbons (Fsp3) is 0.457. The smallest absolute Gasteiger partial charge is 0.150 e. The number of benzene rings is 2. The molecule has 232 valence electrons. The third-order valence-electron chi connectivity index (χ3n) is 9.50. The molecule has 2 fully saturated rings. The summed E-state index contributed by atoms with van der Waals surface area (Å²) in [6, 6.07) is 15.5. The molecule has 0 amide bonds. The molecule has 4 heterocycles. The Balaban J connectivity index is 1.44. The summed E-state index contributed by atoms with van der Waals surface area (Å²) in [4.78, 5) is 20.2. The molecule has 2 atom stereocenters. The lowest BCUT2D eigenvalue weighted by molar-refractivity contribution is -0.122. The molecule has 2 unspecified atom stereocenters. The van der Waals surface area contributed by atoms with E-state index in [4.69, 9.17) is 33.4 Å². The van der Waals surface area contributed by atoms with Crippen LogP contribution in [0.25, 0.3) is 11.4 Å². The van der Waals surface area contributed by atoms with Gasteiger partial charge in [0, 0.05) is 45.6 Å². The first-order valence-corrected chi connectivity index (χ1v) is 16.6. The van der Waals surface area contributed by atoms with Crippen LogP contribution >= 0.6 is 23.2 Å². The van der Waals surface area contributed by atoms with Gasteiger partial charge in [-0.2, -0.15) is 10.2 Å². The minimum absolute atomic E-state index is 0.257. The maximum atomic E-state index is 15.2. The molecule has 9 heteroatoms. The molecule has 0 spiro atoms. The topological polar surface area (TPSA) is 59.2 Å². The molecule has 4 aromatic rings. The van der Waals surface area contributed by atoms with Crippen LogP contribution in [0.3, 0.4) is 0 Å². The number of aromatic nitrogens is 4. The molecule has 2 aromatic carbocycles. The average Bonchev–Trinajstić information content (AvgIpc) is 3.81.